The maximum atomic E-state index is 13.0. The van der Waals surface area contributed by atoms with Crippen LogP contribution >= 0.6 is 23.4 Å². The van der Waals surface area contributed by atoms with Crippen LogP contribution in [0.2, 0.25) is 5.02 Å². The molecule has 152 valence electrons. The van der Waals surface area contributed by atoms with Gasteiger partial charge in [-0.25, -0.2) is 0 Å². The standard InChI is InChI=1S/C21H18ClN5O2S/c1-29-12-4-11-26-19(28)16-5-2-3-6-17(16)27-20(26)24-25-21(27)30-18(13-23)14-7-9-15(22)10-8-14/h2-3,5-10,18H,4,11-12H2,1H3. The van der Waals surface area contributed by atoms with Crippen molar-refractivity contribution < 1.29 is 4.74 Å². The summed E-state index contributed by atoms with van der Waals surface area (Å²) in [6.45, 7) is 0.997. The van der Waals surface area contributed by atoms with Gasteiger partial charge < -0.3 is 4.74 Å². The average molecular weight is 440 g/mol. The number of benzene rings is 2. The molecule has 0 aliphatic heterocycles. The minimum absolute atomic E-state index is 0.118. The van der Waals surface area contributed by atoms with Crippen LogP contribution in [0.1, 0.15) is 17.2 Å². The van der Waals surface area contributed by atoms with Gasteiger partial charge in [0, 0.05) is 25.3 Å². The van der Waals surface area contributed by atoms with Gasteiger partial charge in [-0.3, -0.25) is 13.8 Å². The predicted octanol–water partition coefficient (Wildman–Crippen LogP) is 4.09. The van der Waals surface area contributed by atoms with Crippen LogP contribution < -0.4 is 5.56 Å². The predicted molar refractivity (Wildman–Crippen MR) is 117 cm³/mol. The van der Waals surface area contributed by atoms with Crippen LogP contribution in [0.3, 0.4) is 0 Å². The minimum atomic E-state index is -0.498. The number of nitrogens with zero attached hydrogens (tertiary/aromatic N) is 5. The van der Waals surface area contributed by atoms with Crippen LogP contribution in [0.4, 0.5) is 0 Å². The van der Waals surface area contributed by atoms with Gasteiger partial charge in [0.25, 0.3) is 5.56 Å². The summed E-state index contributed by atoms with van der Waals surface area (Å²) < 4.78 is 8.58. The Hall–Kier alpha value is -2.86. The smallest absolute Gasteiger partial charge is 0.262 e. The summed E-state index contributed by atoms with van der Waals surface area (Å²) in [5, 5.41) is 19.6. The fraction of sp³-hybridized carbons (Fsp3) is 0.238. The maximum absolute atomic E-state index is 13.0. The fourth-order valence-corrected chi connectivity index (χ4v) is 4.35. The van der Waals surface area contributed by atoms with Crippen molar-refractivity contribution in [2.24, 2.45) is 0 Å². The molecule has 0 aliphatic carbocycles. The number of fused-ring (bicyclic) bond motifs is 3. The lowest BCUT2D eigenvalue weighted by molar-refractivity contribution is 0.190. The molecule has 0 amide bonds. The Labute approximate surface area is 181 Å². The van der Waals surface area contributed by atoms with E-state index in [1.807, 2.05) is 34.7 Å². The molecule has 4 rings (SSSR count). The SMILES string of the molecule is COCCCn1c(=O)c2ccccc2n2c(SC(C#N)c3ccc(Cl)cc3)nnc12. The molecule has 4 aromatic rings. The van der Waals surface area contributed by atoms with Gasteiger partial charge in [-0.05, 0) is 36.2 Å². The van der Waals surface area contributed by atoms with Gasteiger partial charge >= 0.3 is 0 Å². The third-order valence-electron chi connectivity index (χ3n) is 4.72. The number of ether oxygens (including phenoxy) is 1. The van der Waals surface area contributed by atoms with Gasteiger partial charge in [-0.2, -0.15) is 5.26 Å². The summed E-state index contributed by atoms with van der Waals surface area (Å²) in [7, 11) is 1.63. The monoisotopic (exact) mass is 439 g/mol. The molecule has 0 N–H and O–H groups in total. The Bertz CT molecular complexity index is 1290. The Morgan fingerprint density at radius 2 is 1.97 bits per heavy atom. The van der Waals surface area contributed by atoms with Crippen LogP contribution in [0.5, 0.6) is 0 Å². The number of hydrogen-bond donors (Lipinski definition) is 0. The average Bonchev–Trinajstić information content (AvgIpc) is 3.19. The van der Waals surface area contributed by atoms with Crippen LogP contribution in [0.25, 0.3) is 16.7 Å². The van der Waals surface area contributed by atoms with Crippen molar-refractivity contribution in [1.82, 2.24) is 19.2 Å². The van der Waals surface area contributed by atoms with Crippen LogP contribution in [0, 0.1) is 11.3 Å². The molecule has 0 fully saturated rings. The number of aryl methyl sites for hydroxylation is 1. The zero-order chi connectivity index (χ0) is 21.1. The second-order valence-electron chi connectivity index (χ2n) is 6.62. The van der Waals surface area contributed by atoms with E-state index in [4.69, 9.17) is 16.3 Å². The van der Waals surface area contributed by atoms with E-state index in [9.17, 15) is 10.1 Å². The summed E-state index contributed by atoms with van der Waals surface area (Å²) in [6.07, 6.45) is 0.672. The van der Waals surface area contributed by atoms with Crippen LogP contribution in [-0.4, -0.2) is 32.9 Å². The van der Waals surface area contributed by atoms with E-state index in [2.05, 4.69) is 16.3 Å². The van der Waals surface area contributed by atoms with Crippen LogP contribution in [0.15, 0.2) is 58.5 Å². The molecular weight excluding hydrogens is 422 g/mol. The maximum Gasteiger partial charge on any atom is 0.262 e. The van der Waals surface area contributed by atoms with E-state index in [0.29, 0.717) is 46.4 Å². The topological polar surface area (TPSA) is 85.2 Å². The van der Waals surface area contributed by atoms with Gasteiger partial charge in [0.2, 0.25) is 5.78 Å². The van der Waals surface area contributed by atoms with E-state index in [0.717, 1.165) is 5.56 Å². The Kier molecular flexibility index (Phi) is 6.04. The quantitative estimate of drug-likeness (QED) is 0.318. The first-order valence-electron chi connectivity index (χ1n) is 9.31. The number of methoxy groups -OCH3 is 1. The molecule has 1 atom stereocenters. The zero-order valence-corrected chi connectivity index (χ0v) is 17.7. The van der Waals surface area contributed by atoms with Gasteiger partial charge in [-0.1, -0.05) is 47.6 Å². The number of rotatable bonds is 7. The lowest BCUT2D eigenvalue weighted by atomic mass is 10.2. The lowest BCUT2D eigenvalue weighted by Crippen LogP contribution is -2.24. The first-order chi connectivity index (χ1) is 14.6. The molecule has 2 heterocycles. The summed E-state index contributed by atoms with van der Waals surface area (Å²) >= 11 is 7.26. The molecule has 7 nitrogen and oxygen atoms in total. The third kappa shape index (κ3) is 3.79. The molecule has 0 spiro atoms. The number of halogens is 1. The molecule has 30 heavy (non-hydrogen) atoms. The highest BCUT2D eigenvalue weighted by Gasteiger charge is 2.21. The summed E-state index contributed by atoms with van der Waals surface area (Å²) in [5.41, 5.74) is 1.41. The molecule has 0 saturated heterocycles. The Balaban J connectivity index is 1.84. The highest BCUT2D eigenvalue weighted by atomic mass is 35.5. The Morgan fingerprint density at radius 1 is 1.20 bits per heavy atom. The number of nitriles is 1. The van der Waals surface area contributed by atoms with Gasteiger partial charge in [0.1, 0.15) is 5.25 Å². The van der Waals surface area contributed by atoms with E-state index >= 15 is 0 Å². The summed E-state index contributed by atoms with van der Waals surface area (Å²) in [4.78, 5) is 13.0. The molecule has 2 aromatic heterocycles. The van der Waals surface area contributed by atoms with Crippen molar-refractivity contribution in [3.8, 4) is 6.07 Å². The molecule has 0 aliphatic rings. The lowest BCUT2D eigenvalue weighted by Gasteiger charge is -2.12. The second-order valence-corrected chi connectivity index (χ2v) is 8.13. The zero-order valence-electron chi connectivity index (χ0n) is 16.2. The molecule has 2 aromatic carbocycles. The van der Waals surface area contributed by atoms with Gasteiger partial charge in [0.15, 0.2) is 5.16 Å². The van der Waals surface area contributed by atoms with E-state index in [-0.39, 0.29) is 5.56 Å². The Morgan fingerprint density at radius 3 is 2.70 bits per heavy atom. The largest absolute Gasteiger partial charge is 0.385 e. The van der Waals surface area contributed by atoms with Crippen molar-refractivity contribution in [2.45, 2.75) is 23.4 Å². The van der Waals surface area contributed by atoms with E-state index in [1.54, 1.807) is 29.9 Å². The number of aromatic nitrogens is 4. The molecule has 0 bridgehead atoms. The van der Waals surface area contributed by atoms with Crippen molar-refractivity contribution in [2.75, 3.05) is 13.7 Å². The number of para-hydroxylation sites is 1. The fourth-order valence-electron chi connectivity index (χ4n) is 3.29. The van der Waals surface area contributed by atoms with Gasteiger partial charge in [-0.15, -0.1) is 10.2 Å². The van der Waals surface area contributed by atoms with Crippen molar-refractivity contribution in [1.29, 1.82) is 5.26 Å². The first-order valence-corrected chi connectivity index (χ1v) is 10.6. The second kappa shape index (κ2) is 8.88. The molecule has 0 radical (unpaired) electrons. The minimum Gasteiger partial charge on any atom is -0.385 e. The first kappa shape index (κ1) is 20.4. The van der Waals surface area contributed by atoms with E-state index in [1.165, 1.54) is 11.8 Å². The normalized spacial score (nSPS) is 12.3. The molecular formula is C21H18ClN5O2S. The summed E-state index contributed by atoms with van der Waals surface area (Å²) in [5.74, 6) is 0.449. The molecule has 0 saturated carbocycles. The summed E-state index contributed by atoms with van der Waals surface area (Å²) in [6, 6.07) is 16.8. The van der Waals surface area contributed by atoms with Crippen molar-refractivity contribution >= 4 is 40.0 Å². The molecule has 9 heteroatoms. The molecule has 1 unspecified atom stereocenters. The van der Waals surface area contributed by atoms with Crippen molar-refractivity contribution in [3.63, 3.8) is 0 Å². The van der Waals surface area contributed by atoms with E-state index < -0.39 is 5.25 Å². The number of hydrogen-bond acceptors (Lipinski definition) is 6. The highest BCUT2D eigenvalue weighted by Crippen LogP contribution is 2.35. The van der Waals surface area contributed by atoms with Crippen molar-refractivity contribution in [3.05, 3.63) is 69.5 Å². The number of thioether (sulfide) groups is 1. The van der Waals surface area contributed by atoms with Gasteiger partial charge in [0.05, 0.1) is 17.0 Å². The van der Waals surface area contributed by atoms with Crippen LogP contribution in [-0.2, 0) is 11.3 Å². The highest BCUT2D eigenvalue weighted by molar-refractivity contribution is 7.99. The third-order valence-corrected chi connectivity index (χ3v) is 6.06.